The number of hydrogen-bond acceptors (Lipinski definition) is 5. The van der Waals surface area contributed by atoms with Crippen LogP contribution >= 0.6 is 0 Å². The van der Waals surface area contributed by atoms with E-state index >= 15 is 0 Å². The Balaban J connectivity index is 2.18. The van der Waals surface area contributed by atoms with Gasteiger partial charge >= 0.3 is 0 Å². The van der Waals surface area contributed by atoms with E-state index in [-0.39, 0.29) is 18.9 Å². The highest BCUT2D eigenvalue weighted by atomic mass is 16.3. The molecule has 0 radical (unpaired) electrons. The van der Waals surface area contributed by atoms with E-state index in [2.05, 4.69) is 15.6 Å². The van der Waals surface area contributed by atoms with Crippen molar-refractivity contribution < 1.29 is 9.59 Å². The molecule has 2 aromatic rings. The number of carbonyl (C=O) groups excluding carboxylic acids is 2. The zero-order valence-electron chi connectivity index (χ0n) is 15.2. The Bertz CT molecular complexity index is 822. The normalized spacial score (nSPS) is 11.1. The summed E-state index contributed by atoms with van der Waals surface area (Å²) in [4.78, 5) is 40.6. The van der Waals surface area contributed by atoms with E-state index in [1.165, 1.54) is 0 Å². The second-order valence-electron chi connectivity index (χ2n) is 5.91. The van der Waals surface area contributed by atoms with Crippen LogP contribution in [-0.2, 0) is 4.79 Å². The maximum Gasteiger partial charge on any atom is 0.272 e. The Kier molecular flexibility index (Phi) is 7.64. The Labute approximate surface area is 162 Å². The van der Waals surface area contributed by atoms with Crippen molar-refractivity contribution in [3.63, 3.8) is 0 Å². The number of nitrogens with zero attached hydrogens (tertiary/aromatic N) is 3. The van der Waals surface area contributed by atoms with Crippen molar-refractivity contribution in [2.75, 3.05) is 11.6 Å². The lowest BCUT2D eigenvalue weighted by molar-refractivity contribution is -0.120. The van der Waals surface area contributed by atoms with Gasteiger partial charge in [-0.3, -0.25) is 14.6 Å². The van der Waals surface area contributed by atoms with Crippen LogP contribution in [0.3, 0.4) is 0 Å². The summed E-state index contributed by atoms with van der Waals surface area (Å²) >= 11 is 0. The van der Waals surface area contributed by atoms with Gasteiger partial charge in [-0.15, -0.1) is 4.91 Å². The first kappa shape index (κ1) is 20.6. The summed E-state index contributed by atoms with van der Waals surface area (Å²) in [5.41, 5.74) is 11.3. The van der Waals surface area contributed by atoms with Gasteiger partial charge in [-0.05, 0) is 37.1 Å². The summed E-state index contributed by atoms with van der Waals surface area (Å²) in [6.45, 7) is 0.285. The average Bonchev–Trinajstić information content (AvgIpc) is 2.72. The molecule has 0 aromatic heterocycles. The van der Waals surface area contributed by atoms with Gasteiger partial charge in [0.15, 0.2) is 5.96 Å². The lowest BCUT2D eigenvalue weighted by atomic mass is 10.1. The number of hydrogen-bond donors (Lipinski definition) is 3. The highest BCUT2D eigenvalue weighted by Crippen LogP contribution is 2.16. The molecule has 0 spiro atoms. The standard InChI is InChI=1S/C19H22N6O3/c20-19(21)22-13-7-12-16(23-17(26)14-8-3-1-4-9-14)18(27)25(24-28)15-10-5-2-6-11-15/h1-6,8-11,16H,7,12-13H2,(H,23,26)(H4,20,21,22)/t16-/m0/s1. The fraction of sp³-hybridized carbons (Fsp3) is 0.211. The average molecular weight is 382 g/mol. The smallest absolute Gasteiger partial charge is 0.272 e. The second kappa shape index (κ2) is 10.4. The summed E-state index contributed by atoms with van der Waals surface area (Å²) in [5, 5.41) is 6.23. The molecule has 0 aliphatic carbocycles. The van der Waals surface area contributed by atoms with Crippen LogP contribution in [0, 0.1) is 4.91 Å². The van der Waals surface area contributed by atoms with Gasteiger partial charge in [0.2, 0.25) is 0 Å². The number of nitrogens with two attached hydrogens (primary N) is 2. The van der Waals surface area contributed by atoms with Crippen molar-refractivity contribution in [1.82, 2.24) is 5.32 Å². The van der Waals surface area contributed by atoms with Crippen molar-refractivity contribution in [3.8, 4) is 0 Å². The first-order valence-corrected chi connectivity index (χ1v) is 8.66. The minimum absolute atomic E-state index is 0.0586. The molecule has 0 fully saturated rings. The van der Waals surface area contributed by atoms with Crippen molar-refractivity contribution >= 4 is 23.5 Å². The number of aliphatic imine (C=N–C) groups is 1. The van der Waals surface area contributed by atoms with Crippen LogP contribution in [-0.4, -0.2) is 30.4 Å². The van der Waals surface area contributed by atoms with Crippen molar-refractivity contribution in [1.29, 1.82) is 0 Å². The SMILES string of the molecule is NC(N)=NCCC[C@H](NC(=O)c1ccccc1)C(=O)N(N=O)c1ccccc1. The molecule has 28 heavy (non-hydrogen) atoms. The molecule has 2 rings (SSSR count). The Hall–Kier alpha value is -3.75. The van der Waals surface area contributed by atoms with E-state index in [0.717, 1.165) is 5.01 Å². The quantitative estimate of drug-likeness (QED) is 0.198. The van der Waals surface area contributed by atoms with Crippen LogP contribution in [0.1, 0.15) is 23.2 Å². The zero-order valence-corrected chi connectivity index (χ0v) is 15.2. The van der Waals surface area contributed by atoms with E-state index in [1.54, 1.807) is 60.7 Å². The monoisotopic (exact) mass is 382 g/mol. The lowest BCUT2D eigenvalue weighted by Gasteiger charge is -2.22. The molecule has 0 heterocycles. The fourth-order valence-electron chi connectivity index (χ4n) is 2.52. The molecular weight excluding hydrogens is 360 g/mol. The molecule has 0 aliphatic heterocycles. The largest absolute Gasteiger partial charge is 0.370 e. The van der Waals surface area contributed by atoms with Gasteiger partial charge in [0.25, 0.3) is 11.8 Å². The Morgan fingerprint density at radius 2 is 1.61 bits per heavy atom. The van der Waals surface area contributed by atoms with Crippen LogP contribution in [0.25, 0.3) is 0 Å². The summed E-state index contributed by atoms with van der Waals surface area (Å²) in [5.74, 6) is -1.13. The molecule has 0 unspecified atom stereocenters. The molecule has 146 valence electrons. The molecular formula is C19H22N6O3. The zero-order chi connectivity index (χ0) is 20.4. The molecule has 0 saturated carbocycles. The number of benzene rings is 2. The van der Waals surface area contributed by atoms with Gasteiger partial charge < -0.3 is 16.8 Å². The molecule has 2 aromatic carbocycles. The van der Waals surface area contributed by atoms with Gasteiger partial charge in [-0.25, -0.2) is 0 Å². The highest BCUT2D eigenvalue weighted by Gasteiger charge is 2.28. The molecule has 9 heteroatoms. The minimum Gasteiger partial charge on any atom is -0.370 e. The van der Waals surface area contributed by atoms with Crippen molar-refractivity contribution in [2.24, 2.45) is 21.7 Å². The third-order valence-electron chi connectivity index (χ3n) is 3.88. The molecule has 0 aliphatic rings. The van der Waals surface area contributed by atoms with E-state index in [0.29, 0.717) is 17.7 Å². The van der Waals surface area contributed by atoms with Crippen LogP contribution in [0.4, 0.5) is 5.69 Å². The molecule has 9 nitrogen and oxygen atoms in total. The van der Waals surface area contributed by atoms with Gasteiger partial charge in [-0.2, -0.15) is 5.01 Å². The van der Waals surface area contributed by atoms with Gasteiger partial charge in [0.1, 0.15) is 6.04 Å². The highest BCUT2D eigenvalue weighted by molar-refractivity contribution is 6.01. The topological polar surface area (TPSA) is 143 Å². The fourth-order valence-corrected chi connectivity index (χ4v) is 2.52. The number of para-hydroxylation sites is 1. The molecule has 2 amide bonds. The number of nitrogens with one attached hydrogen (secondary N) is 1. The van der Waals surface area contributed by atoms with Crippen LogP contribution < -0.4 is 21.8 Å². The van der Waals surface area contributed by atoms with E-state index < -0.39 is 17.9 Å². The third-order valence-corrected chi connectivity index (χ3v) is 3.88. The molecule has 1 atom stereocenters. The number of anilines is 1. The summed E-state index contributed by atoms with van der Waals surface area (Å²) in [6.07, 6.45) is 0.651. The first-order valence-electron chi connectivity index (χ1n) is 8.66. The van der Waals surface area contributed by atoms with E-state index in [9.17, 15) is 14.5 Å². The van der Waals surface area contributed by atoms with Crippen LogP contribution in [0.15, 0.2) is 70.9 Å². The Morgan fingerprint density at radius 3 is 2.18 bits per heavy atom. The maximum absolute atomic E-state index is 12.9. The van der Waals surface area contributed by atoms with Crippen LogP contribution in [0.5, 0.6) is 0 Å². The minimum atomic E-state index is -0.972. The summed E-state index contributed by atoms with van der Waals surface area (Å²) in [6, 6.07) is 15.8. The number of carbonyl (C=O) groups is 2. The summed E-state index contributed by atoms with van der Waals surface area (Å²) < 4.78 is 0. The van der Waals surface area contributed by atoms with E-state index in [1.807, 2.05) is 0 Å². The van der Waals surface area contributed by atoms with Crippen molar-refractivity contribution in [3.05, 3.63) is 71.1 Å². The first-order chi connectivity index (χ1) is 13.5. The molecule has 0 saturated heterocycles. The molecule has 0 bridgehead atoms. The number of rotatable bonds is 9. The van der Waals surface area contributed by atoms with E-state index in [4.69, 9.17) is 11.5 Å². The van der Waals surface area contributed by atoms with Gasteiger partial charge in [0, 0.05) is 12.1 Å². The maximum atomic E-state index is 12.9. The predicted molar refractivity (Wildman–Crippen MR) is 107 cm³/mol. The van der Waals surface area contributed by atoms with Crippen molar-refractivity contribution in [2.45, 2.75) is 18.9 Å². The number of nitroso groups, excluding NO2 is 1. The van der Waals surface area contributed by atoms with Crippen LogP contribution in [0.2, 0.25) is 0 Å². The number of amides is 2. The predicted octanol–water partition coefficient (Wildman–Crippen LogP) is 1.55. The summed E-state index contributed by atoms with van der Waals surface area (Å²) in [7, 11) is 0. The third kappa shape index (κ3) is 5.90. The lowest BCUT2D eigenvalue weighted by Crippen LogP contribution is -2.47. The number of guanidine groups is 1. The second-order valence-corrected chi connectivity index (χ2v) is 5.91. The Morgan fingerprint density at radius 1 is 1.00 bits per heavy atom. The van der Waals surface area contributed by atoms with Gasteiger partial charge in [-0.1, -0.05) is 36.4 Å². The molecule has 5 N–H and O–H groups in total. The van der Waals surface area contributed by atoms with Gasteiger partial charge in [0.05, 0.1) is 11.0 Å².